The lowest BCUT2D eigenvalue weighted by Gasteiger charge is -2.11. The number of nitrogens with two attached hydrogens (primary N) is 1. The lowest BCUT2D eigenvalue weighted by Crippen LogP contribution is -2.11. The highest BCUT2D eigenvalue weighted by molar-refractivity contribution is 6.20. The van der Waals surface area contributed by atoms with E-state index in [2.05, 4.69) is 4.57 Å². The monoisotopic (exact) mass is 388 g/mol. The molecule has 0 atom stereocenters. The first kappa shape index (κ1) is 18.6. The van der Waals surface area contributed by atoms with Gasteiger partial charge in [0, 0.05) is 17.5 Å². The van der Waals surface area contributed by atoms with Gasteiger partial charge in [0.25, 0.3) is 0 Å². The minimum absolute atomic E-state index is 0.380. The molecule has 1 heterocycles. The number of aromatic nitrogens is 1. The van der Waals surface area contributed by atoms with Crippen molar-refractivity contribution >= 4 is 33.7 Å². The third-order valence-corrected chi connectivity index (χ3v) is 4.99. The number of carboxylic acids is 1. The van der Waals surface area contributed by atoms with Crippen LogP contribution in [0.3, 0.4) is 0 Å². The van der Waals surface area contributed by atoms with E-state index in [1.165, 1.54) is 0 Å². The van der Waals surface area contributed by atoms with E-state index in [1.54, 1.807) is 18.2 Å². The number of fused-ring (bicyclic) bond motifs is 3. The van der Waals surface area contributed by atoms with E-state index >= 15 is 0 Å². The number of nitrogens with zero attached hydrogens (tertiary/aromatic N) is 1. The van der Waals surface area contributed by atoms with Crippen molar-refractivity contribution in [2.45, 2.75) is 13.5 Å². The van der Waals surface area contributed by atoms with Crippen LogP contribution < -0.4 is 10.5 Å². The molecule has 0 saturated heterocycles. The lowest BCUT2D eigenvalue weighted by atomic mass is 10.0. The number of primary amides is 1. The minimum Gasteiger partial charge on any atom is -0.481 e. The number of rotatable bonds is 6. The molecule has 1 amide bonds. The molecule has 29 heavy (non-hydrogen) atoms. The molecule has 0 spiro atoms. The van der Waals surface area contributed by atoms with Gasteiger partial charge in [-0.05, 0) is 36.2 Å². The van der Waals surface area contributed by atoms with Gasteiger partial charge in [-0.15, -0.1) is 0 Å². The molecule has 6 nitrogen and oxygen atoms in total. The molecule has 1 aromatic heterocycles. The van der Waals surface area contributed by atoms with E-state index in [-0.39, 0.29) is 0 Å². The summed E-state index contributed by atoms with van der Waals surface area (Å²) in [4.78, 5) is 23.2. The number of carbonyl (C=O) groups is 2. The maximum absolute atomic E-state index is 12.2. The molecule has 0 aliphatic heterocycles. The van der Waals surface area contributed by atoms with Crippen LogP contribution in [0.25, 0.3) is 21.8 Å². The highest BCUT2D eigenvalue weighted by Gasteiger charge is 2.21. The van der Waals surface area contributed by atoms with E-state index in [0.717, 1.165) is 22.2 Å². The summed E-state index contributed by atoms with van der Waals surface area (Å²) < 4.78 is 7.70. The predicted molar refractivity (Wildman–Crippen MR) is 111 cm³/mol. The van der Waals surface area contributed by atoms with Crippen molar-refractivity contribution in [2.24, 2.45) is 5.73 Å². The summed E-state index contributed by atoms with van der Waals surface area (Å²) in [6.45, 7) is 2.10. The largest absolute Gasteiger partial charge is 0.481 e. The molecule has 0 unspecified atom stereocenters. The summed E-state index contributed by atoms with van der Waals surface area (Å²) in [6, 6.07) is 19.0. The molecular formula is C23H20N2O4. The molecular weight excluding hydrogens is 368 g/mol. The molecule has 0 aliphatic carbocycles. The van der Waals surface area contributed by atoms with Gasteiger partial charge in [0.2, 0.25) is 5.91 Å². The molecule has 0 fully saturated rings. The van der Waals surface area contributed by atoms with Crippen LogP contribution in [0.5, 0.6) is 5.75 Å². The first-order chi connectivity index (χ1) is 14.0. The Bertz CT molecular complexity index is 1240. The third-order valence-electron chi connectivity index (χ3n) is 4.99. The van der Waals surface area contributed by atoms with E-state index < -0.39 is 18.5 Å². The second-order valence-corrected chi connectivity index (χ2v) is 6.92. The third kappa shape index (κ3) is 3.29. The fourth-order valence-electron chi connectivity index (χ4n) is 3.81. The highest BCUT2D eigenvalue weighted by Crippen LogP contribution is 2.39. The van der Waals surface area contributed by atoms with E-state index in [0.29, 0.717) is 28.6 Å². The summed E-state index contributed by atoms with van der Waals surface area (Å²) in [7, 11) is 0. The summed E-state index contributed by atoms with van der Waals surface area (Å²) in [5.41, 5.74) is 9.87. The number of amides is 1. The molecule has 3 N–H and O–H groups in total. The predicted octanol–water partition coefficient (Wildman–Crippen LogP) is 3.71. The number of hydrogen-bond acceptors (Lipinski definition) is 3. The number of ether oxygens (including phenoxy) is 1. The van der Waals surface area contributed by atoms with E-state index in [9.17, 15) is 9.59 Å². The average Bonchev–Trinajstić information content (AvgIpc) is 3.03. The highest BCUT2D eigenvalue weighted by atomic mass is 16.5. The van der Waals surface area contributed by atoms with Gasteiger partial charge in [-0.2, -0.15) is 0 Å². The first-order valence-corrected chi connectivity index (χ1v) is 9.20. The van der Waals surface area contributed by atoms with Gasteiger partial charge in [0.05, 0.1) is 16.4 Å². The Morgan fingerprint density at radius 3 is 2.45 bits per heavy atom. The van der Waals surface area contributed by atoms with Crippen LogP contribution in [0.1, 0.15) is 21.5 Å². The zero-order valence-electron chi connectivity index (χ0n) is 15.9. The van der Waals surface area contributed by atoms with E-state index in [1.807, 2.05) is 49.4 Å². The molecule has 0 aliphatic rings. The van der Waals surface area contributed by atoms with Crippen LogP contribution in [0.4, 0.5) is 0 Å². The maximum atomic E-state index is 12.2. The van der Waals surface area contributed by atoms with Gasteiger partial charge in [-0.1, -0.05) is 42.5 Å². The Morgan fingerprint density at radius 2 is 1.76 bits per heavy atom. The van der Waals surface area contributed by atoms with Crippen LogP contribution in [-0.2, 0) is 11.3 Å². The van der Waals surface area contributed by atoms with Gasteiger partial charge in [0.15, 0.2) is 6.61 Å². The molecule has 6 heteroatoms. The Balaban J connectivity index is 2.08. The smallest absolute Gasteiger partial charge is 0.341 e. The van der Waals surface area contributed by atoms with Crippen molar-refractivity contribution in [3.63, 3.8) is 0 Å². The fourth-order valence-corrected chi connectivity index (χ4v) is 3.81. The van der Waals surface area contributed by atoms with Crippen LogP contribution in [0.15, 0.2) is 60.7 Å². The van der Waals surface area contributed by atoms with Crippen molar-refractivity contribution < 1.29 is 19.4 Å². The van der Waals surface area contributed by atoms with Gasteiger partial charge >= 0.3 is 5.97 Å². The maximum Gasteiger partial charge on any atom is 0.341 e. The van der Waals surface area contributed by atoms with Crippen LogP contribution in [-0.4, -0.2) is 28.2 Å². The Hall–Kier alpha value is -3.80. The average molecular weight is 388 g/mol. The van der Waals surface area contributed by atoms with Crippen molar-refractivity contribution in [3.8, 4) is 5.75 Å². The van der Waals surface area contributed by atoms with Crippen molar-refractivity contribution in [2.75, 3.05) is 6.61 Å². The number of benzene rings is 3. The zero-order chi connectivity index (χ0) is 20.5. The number of hydrogen-bond donors (Lipinski definition) is 2. The zero-order valence-corrected chi connectivity index (χ0v) is 15.9. The molecule has 146 valence electrons. The molecule has 3 aromatic carbocycles. The van der Waals surface area contributed by atoms with Gasteiger partial charge in [0.1, 0.15) is 5.75 Å². The van der Waals surface area contributed by atoms with Gasteiger partial charge < -0.3 is 20.1 Å². The number of aliphatic carboxylic acids is 1. The molecule has 0 saturated carbocycles. The van der Waals surface area contributed by atoms with Crippen LogP contribution >= 0.6 is 0 Å². The lowest BCUT2D eigenvalue weighted by molar-refractivity contribution is -0.139. The fraction of sp³-hybridized carbons (Fsp3) is 0.130. The summed E-state index contributed by atoms with van der Waals surface area (Å²) >= 11 is 0. The quantitative estimate of drug-likeness (QED) is 0.526. The van der Waals surface area contributed by atoms with Gasteiger partial charge in [-0.3, -0.25) is 4.79 Å². The standard InChI is InChI=1S/C23H20N2O4/c1-14-10-11-18(29-13-19(26)27)21-20-16(23(24)28)8-5-9-17(20)25(22(14)21)12-15-6-3-2-4-7-15/h2-11H,12-13H2,1H3,(H2,24,28)(H,26,27). The molecule has 4 aromatic rings. The van der Waals surface area contributed by atoms with Crippen LogP contribution in [0.2, 0.25) is 0 Å². The Morgan fingerprint density at radius 1 is 1.00 bits per heavy atom. The first-order valence-electron chi connectivity index (χ1n) is 9.20. The van der Waals surface area contributed by atoms with E-state index in [4.69, 9.17) is 15.6 Å². The second-order valence-electron chi connectivity index (χ2n) is 6.92. The molecule has 4 rings (SSSR count). The summed E-state index contributed by atoms with van der Waals surface area (Å²) in [5.74, 6) is -1.19. The number of carbonyl (C=O) groups excluding carboxylic acids is 1. The number of aryl methyl sites for hydroxylation is 1. The SMILES string of the molecule is Cc1ccc(OCC(=O)O)c2c3c(C(N)=O)cccc3n(Cc3ccccc3)c12. The normalized spacial score (nSPS) is 11.1. The van der Waals surface area contributed by atoms with Crippen molar-refractivity contribution in [1.82, 2.24) is 4.57 Å². The molecule has 0 radical (unpaired) electrons. The molecule has 0 bridgehead atoms. The van der Waals surface area contributed by atoms with Crippen LogP contribution in [0, 0.1) is 6.92 Å². The summed E-state index contributed by atoms with van der Waals surface area (Å²) in [5, 5.41) is 10.4. The number of carboxylic acid groups (broad SMARTS) is 1. The second kappa shape index (κ2) is 7.31. The Labute approximate surface area is 167 Å². The topological polar surface area (TPSA) is 94.6 Å². The van der Waals surface area contributed by atoms with Gasteiger partial charge in [-0.25, -0.2) is 4.79 Å². The van der Waals surface area contributed by atoms with Crippen molar-refractivity contribution in [1.29, 1.82) is 0 Å². The Kier molecular flexibility index (Phi) is 4.68. The summed E-state index contributed by atoms with van der Waals surface area (Å²) in [6.07, 6.45) is 0. The van der Waals surface area contributed by atoms with Crippen molar-refractivity contribution in [3.05, 3.63) is 77.4 Å². The minimum atomic E-state index is -1.07.